The van der Waals surface area contributed by atoms with Crippen molar-refractivity contribution in [3.05, 3.63) is 0 Å². The van der Waals surface area contributed by atoms with Gasteiger partial charge in [-0.05, 0) is 44.2 Å². The van der Waals surface area contributed by atoms with Gasteiger partial charge in [-0.15, -0.1) is 0 Å². The van der Waals surface area contributed by atoms with E-state index in [9.17, 15) is 0 Å². The van der Waals surface area contributed by atoms with Crippen molar-refractivity contribution in [3.8, 4) is 0 Å². The fourth-order valence-corrected chi connectivity index (χ4v) is 2.43. The van der Waals surface area contributed by atoms with Gasteiger partial charge in [0.1, 0.15) is 0 Å². The smallest absolute Gasteiger partial charge is 0.0740 e. The molecule has 0 aromatic carbocycles. The van der Waals surface area contributed by atoms with Crippen LogP contribution in [0.3, 0.4) is 0 Å². The fourth-order valence-electron chi connectivity index (χ4n) is 2.34. The van der Waals surface area contributed by atoms with Gasteiger partial charge in [0.05, 0.1) is 4.99 Å². The van der Waals surface area contributed by atoms with E-state index in [4.69, 9.17) is 18.0 Å². The summed E-state index contributed by atoms with van der Waals surface area (Å²) in [6, 6.07) is 0. The van der Waals surface area contributed by atoms with Crippen molar-refractivity contribution in [3.63, 3.8) is 0 Å². The van der Waals surface area contributed by atoms with E-state index in [-0.39, 0.29) is 0 Å². The van der Waals surface area contributed by atoms with E-state index in [1.54, 1.807) is 0 Å². The van der Waals surface area contributed by atoms with Crippen LogP contribution in [0.5, 0.6) is 0 Å². The Bertz CT molecular complexity index is 204. The third-order valence-corrected chi connectivity index (χ3v) is 3.69. The van der Waals surface area contributed by atoms with Gasteiger partial charge in [0.15, 0.2) is 0 Å². The molecule has 0 spiro atoms. The van der Waals surface area contributed by atoms with Crippen LogP contribution in [0.15, 0.2) is 0 Å². The van der Waals surface area contributed by atoms with Crippen LogP contribution >= 0.6 is 12.2 Å². The third-order valence-electron chi connectivity index (χ3n) is 3.48. The normalized spacial score (nSPS) is 24.1. The van der Waals surface area contributed by atoms with Crippen LogP contribution in [0.25, 0.3) is 0 Å². The number of thiocarbonyl (C=S) groups is 1. The minimum absolute atomic E-state index is 0.652. The summed E-state index contributed by atoms with van der Waals surface area (Å²) < 4.78 is 0. The zero-order valence-corrected chi connectivity index (χ0v) is 10.9. The summed E-state index contributed by atoms with van der Waals surface area (Å²) in [5.41, 5.74) is 5.53. The molecule has 1 atom stereocenters. The number of hydrogen-bond donors (Lipinski definition) is 1. The second-order valence-electron chi connectivity index (χ2n) is 4.99. The van der Waals surface area contributed by atoms with Crippen molar-refractivity contribution in [1.82, 2.24) is 4.90 Å². The minimum Gasteiger partial charge on any atom is -0.393 e. The molecule has 2 N–H and O–H groups in total. The van der Waals surface area contributed by atoms with E-state index in [0.29, 0.717) is 4.99 Å². The van der Waals surface area contributed by atoms with Crippen LogP contribution < -0.4 is 5.73 Å². The monoisotopic (exact) mass is 228 g/mol. The quantitative estimate of drug-likeness (QED) is 0.749. The number of hydrogen-bond acceptors (Lipinski definition) is 2. The molecule has 0 radical (unpaired) electrons. The highest BCUT2D eigenvalue weighted by Crippen LogP contribution is 2.24. The molecule has 1 saturated heterocycles. The Morgan fingerprint density at radius 3 is 2.73 bits per heavy atom. The van der Waals surface area contributed by atoms with Crippen LogP contribution in [-0.4, -0.2) is 29.5 Å². The molecule has 0 bridgehead atoms. The molecular formula is C12H24N2S. The molecule has 88 valence electrons. The van der Waals surface area contributed by atoms with Gasteiger partial charge in [0, 0.05) is 13.0 Å². The van der Waals surface area contributed by atoms with Gasteiger partial charge in [-0.25, -0.2) is 0 Å². The van der Waals surface area contributed by atoms with Gasteiger partial charge in [0.25, 0.3) is 0 Å². The number of nitrogens with two attached hydrogens (primary N) is 1. The van der Waals surface area contributed by atoms with Crippen molar-refractivity contribution in [2.24, 2.45) is 17.6 Å². The third kappa shape index (κ3) is 4.94. The minimum atomic E-state index is 0.652. The average Bonchev–Trinajstić information content (AvgIpc) is 2.39. The van der Waals surface area contributed by atoms with E-state index in [1.165, 1.54) is 32.4 Å². The first-order valence-electron chi connectivity index (χ1n) is 6.10. The highest BCUT2D eigenvalue weighted by molar-refractivity contribution is 7.80. The van der Waals surface area contributed by atoms with Crippen LogP contribution in [0.4, 0.5) is 0 Å². The first-order chi connectivity index (χ1) is 7.09. The SMILES string of the molecule is CC(C)C1CCCN(CCC(N)=S)CC1. The molecule has 0 aromatic rings. The summed E-state index contributed by atoms with van der Waals surface area (Å²) in [5, 5.41) is 0. The summed E-state index contributed by atoms with van der Waals surface area (Å²) in [6.45, 7) is 8.20. The molecule has 1 rings (SSSR count). The van der Waals surface area contributed by atoms with E-state index in [1.807, 2.05) is 0 Å². The average molecular weight is 228 g/mol. The highest BCUT2D eigenvalue weighted by atomic mass is 32.1. The predicted octanol–water partition coefficient (Wildman–Crippen LogP) is 2.42. The Balaban J connectivity index is 2.29. The standard InChI is InChI=1S/C12H24N2S/c1-10(2)11-4-3-7-14(8-5-11)9-6-12(13)15/h10-11H,3-9H2,1-2H3,(H2,13,15). The van der Waals surface area contributed by atoms with E-state index >= 15 is 0 Å². The van der Waals surface area contributed by atoms with Crippen molar-refractivity contribution in [2.75, 3.05) is 19.6 Å². The first kappa shape index (κ1) is 12.9. The Kier molecular flexibility index (Phi) is 5.54. The summed E-state index contributed by atoms with van der Waals surface area (Å²) in [6.07, 6.45) is 4.94. The lowest BCUT2D eigenvalue weighted by molar-refractivity contribution is 0.279. The van der Waals surface area contributed by atoms with E-state index < -0.39 is 0 Å². The van der Waals surface area contributed by atoms with Crippen LogP contribution in [0, 0.1) is 11.8 Å². The molecule has 0 aliphatic carbocycles. The second kappa shape index (κ2) is 6.44. The Morgan fingerprint density at radius 2 is 2.13 bits per heavy atom. The molecule has 0 amide bonds. The molecular weight excluding hydrogens is 204 g/mol. The van der Waals surface area contributed by atoms with Crippen molar-refractivity contribution in [1.29, 1.82) is 0 Å². The highest BCUT2D eigenvalue weighted by Gasteiger charge is 2.18. The summed E-state index contributed by atoms with van der Waals surface area (Å²) >= 11 is 4.91. The molecule has 0 aromatic heterocycles. The molecule has 1 heterocycles. The van der Waals surface area contributed by atoms with E-state index in [2.05, 4.69) is 18.7 Å². The summed E-state index contributed by atoms with van der Waals surface area (Å²) in [7, 11) is 0. The zero-order valence-electron chi connectivity index (χ0n) is 10.0. The maximum absolute atomic E-state index is 5.53. The molecule has 1 aliphatic rings. The topological polar surface area (TPSA) is 29.3 Å². The lowest BCUT2D eigenvalue weighted by Gasteiger charge is -2.20. The largest absolute Gasteiger partial charge is 0.393 e. The maximum Gasteiger partial charge on any atom is 0.0740 e. The summed E-state index contributed by atoms with van der Waals surface area (Å²) in [4.78, 5) is 3.17. The number of rotatable bonds is 4. The lowest BCUT2D eigenvalue weighted by Crippen LogP contribution is -2.28. The van der Waals surface area contributed by atoms with Gasteiger partial charge in [-0.3, -0.25) is 0 Å². The number of likely N-dealkylation sites (tertiary alicyclic amines) is 1. The summed E-state index contributed by atoms with van der Waals surface area (Å²) in [5.74, 6) is 1.75. The molecule has 15 heavy (non-hydrogen) atoms. The Labute approximate surface area is 99.2 Å². The van der Waals surface area contributed by atoms with Crippen molar-refractivity contribution in [2.45, 2.75) is 39.5 Å². The molecule has 0 saturated carbocycles. The zero-order chi connectivity index (χ0) is 11.3. The lowest BCUT2D eigenvalue weighted by atomic mass is 9.89. The van der Waals surface area contributed by atoms with Gasteiger partial charge < -0.3 is 10.6 Å². The van der Waals surface area contributed by atoms with Crippen molar-refractivity contribution < 1.29 is 0 Å². The van der Waals surface area contributed by atoms with Crippen LogP contribution in [0.2, 0.25) is 0 Å². The van der Waals surface area contributed by atoms with Gasteiger partial charge in [-0.2, -0.15) is 0 Å². The number of nitrogens with zero attached hydrogens (tertiary/aromatic N) is 1. The van der Waals surface area contributed by atoms with Gasteiger partial charge in [-0.1, -0.05) is 26.1 Å². The Morgan fingerprint density at radius 1 is 1.40 bits per heavy atom. The molecule has 3 heteroatoms. The predicted molar refractivity (Wildman–Crippen MR) is 70.0 cm³/mol. The molecule has 2 nitrogen and oxygen atoms in total. The van der Waals surface area contributed by atoms with Gasteiger partial charge >= 0.3 is 0 Å². The van der Waals surface area contributed by atoms with Crippen molar-refractivity contribution >= 4 is 17.2 Å². The molecule has 1 fully saturated rings. The molecule has 1 unspecified atom stereocenters. The maximum atomic E-state index is 5.53. The van der Waals surface area contributed by atoms with Crippen LogP contribution in [0.1, 0.15) is 39.5 Å². The van der Waals surface area contributed by atoms with E-state index in [0.717, 1.165) is 24.8 Å². The first-order valence-corrected chi connectivity index (χ1v) is 6.51. The molecule has 1 aliphatic heterocycles. The van der Waals surface area contributed by atoms with Crippen LogP contribution in [-0.2, 0) is 0 Å². The van der Waals surface area contributed by atoms with Gasteiger partial charge in [0.2, 0.25) is 0 Å². The fraction of sp³-hybridized carbons (Fsp3) is 0.917. The Hall–Kier alpha value is -0.150. The second-order valence-corrected chi connectivity index (χ2v) is 5.52.